The summed E-state index contributed by atoms with van der Waals surface area (Å²) in [5.74, 6) is 0. The highest BCUT2D eigenvalue weighted by atomic mass is 79.9. The standard InChI is InChI=1S/C16H13Br2NS2/c17-12-5-1-6-13(18)16(12)19-14(15-7-3-9-21-15)10-11-4-2-8-20-11/h1-9,14,19H,10H2. The van der Waals surface area contributed by atoms with E-state index in [1.165, 1.54) is 9.75 Å². The molecule has 0 spiro atoms. The topological polar surface area (TPSA) is 12.0 Å². The fraction of sp³-hybridized carbons (Fsp3) is 0.125. The SMILES string of the molecule is Brc1cccc(Br)c1NC(Cc1cccs1)c1cccs1. The fourth-order valence-electron chi connectivity index (χ4n) is 2.15. The number of thiophene rings is 2. The highest BCUT2D eigenvalue weighted by Crippen LogP contribution is 2.35. The van der Waals surface area contributed by atoms with Gasteiger partial charge in [0.15, 0.2) is 0 Å². The second kappa shape index (κ2) is 7.09. The lowest BCUT2D eigenvalue weighted by Gasteiger charge is -2.20. The van der Waals surface area contributed by atoms with Gasteiger partial charge in [0.25, 0.3) is 0 Å². The lowest BCUT2D eigenvalue weighted by atomic mass is 10.1. The van der Waals surface area contributed by atoms with Crippen molar-refractivity contribution < 1.29 is 0 Å². The Labute approximate surface area is 149 Å². The van der Waals surface area contributed by atoms with Gasteiger partial charge in [-0.15, -0.1) is 22.7 Å². The van der Waals surface area contributed by atoms with Gasteiger partial charge in [-0.1, -0.05) is 18.2 Å². The molecule has 1 unspecified atom stereocenters. The number of halogens is 2. The molecule has 0 aliphatic rings. The van der Waals surface area contributed by atoms with Crippen LogP contribution in [0, 0.1) is 0 Å². The van der Waals surface area contributed by atoms with Gasteiger partial charge in [-0.3, -0.25) is 0 Å². The molecule has 5 heteroatoms. The predicted molar refractivity (Wildman–Crippen MR) is 101 cm³/mol. The van der Waals surface area contributed by atoms with Crippen LogP contribution in [0.2, 0.25) is 0 Å². The average Bonchev–Trinajstić information content (AvgIpc) is 3.14. The number of anilines is 1. The third-order valence-electron chi connectivity index (χ3n) is 3.15. The normalized spacial score (nSPS) is 12.3. The van der Waals surface area contributed by atoms with E-state index in [4.69, 9.17) is 0 Å². The molecule has 1 N–H and O–H groups in total. The van der Waals surface area contributed by atoms with E-state index < -0.39 is 0 Å². The van der Waals surface area contributed by atoms with Crippen molar-refractivity contribution in [1.29, 1.82) is 0 Å². The minimum Gasteiger partial charge on any atom is -0.375 e. The van der Waals surface area contributed by atoms with Crippen LogP contribution >= 0.6 is 54.5 Å². The van der Waals surface area contributed by atoms with E-state index in [9.17, 15) is 0 Å². The first kappa shape index (κ1) is 15.3. The van der Waals surface area contributed by atoms with Crippen LogP contribution in [0.5, 0.6) is 0 Å². The van der Waals surface area contributed by atoms with Crippen LogP contribution in [-0.4, -0.2) is 0 Å². The Bertz CT molecular complexity index is 673. The molecular formula is C16H13Br2NS2. The molecular weight excluding hydrogens is 430 g/mol. The van der Waals surface area contributed by atoms with Gasteiger partial charge in [-0.05, 0) is 66.9 Å². The molecule has 1 nitrogen and oxygen atoms in total. The van der Waals surface area contributed by atoms with Crippen LogP contribution < -0.4 is 5.32 Å². The number of hydrogen-bond acceptors (Lipinski definition) is 3. The highest BCUT2D eigenvalue weighted by molar-refractivity contribution is 9.11. The maximum Gasteiger partial charge on any atom is 0.0655 e. The van der Waals surface area contributed by atoms with Crippen molar-refractivity contribution in [2.75, 3.05) is 5.32 Å². The zero-order valence-corrected chi connectivity index (χ0v) is 15.9. The molecule has 21 heavy (non-hydrogen) atoms. The smallest absolute Gasteiger partial charge is 0.0655 e. The first-order valence-electron chi connectivity index (χ1n) is 6.50. The fourth-order valence-corrected chi connectivity index (χ4v) is 4.91. The maximum absolute atomic E-state index is 3.68. The number of rotatable bonds is 5. The lowest BCUT2D eigenvalue weighted by molar-refractivity contribution is 0.800. The van der Waals surface area contributed by atoms with E-state index in [-0.39, 0.29) is 6.04 Å². The Balaban J connectivity index is 1.89. The minimum atomic E-state index is 0.277. The van der Waals surface area contributed by atoms with Gasteiger partial charge in [-0.2, -0.15) is 0 Å². The van der Waals surface area contributed by atoms with Crippen molar-refractivity contribution in [3.8, 4) is 0 Å². The molecule has 1 aromatic carbocycles. The van der Waals surface area contributed by atoms with Crippen LogP contribution in [0.4, 0.5) is 5.69 Å². The maximum atomic E-state index is 3.68. The van der Waals surface area contributed by atoms with Crippen LogP contribution in [0.15, 0.2) is 62.2 Å². The van der Waals surface area contributed by atoms with E-state index in [1.807, 2.05) is 17.4 Å². The lowest BCUT2D eigenvalue weighted by Crippen LogP contribution is -2.12. The second-order valence-electron chi connectivity index (χ2n) is 4.59. The third kappa shape index (κ3) is 3.77. The molecule has 0 aliphatic heterocycles. The van der Waals surface area contributed by atoms with Crippen LogP contribution in [0.1, 0.15) is 15.8 Å². The first-order valence-corrected chi connectivity index (χ1v) is 9.85. The number of benzene rings is 1. The van der Waals surface area contributed by atoms with Crippen molar-refractivity contribution in [1.82, 2.24) is 0 Å². The predicted octanol–water partition coefficient (Wildman–Crippen LogP) is 6.73. The average molecular weight is 443 g/mol. The first-order chi connectivity index (χ1) is 10.2. The molecule has 2 heterocycles. The Morgan fingerprint density at radius 2 is 1.62 bits per heavy atom. The van der Waals surface area contributed by atoms with Gasteiger partial charge in [-0.25, -0.2) is 0 Å². The van der Waals surface area contributed by atoms with Gasteiger partial charge >= 0.3 is 0 Å². The number of nitrogens with one attached hydrogen (secondary N) is 1. The van der Waals surface area contributed by atoms with E-state index in [0.29, 0.717) is 0 Å². The summed E-state index contributed by atoms with van der Waals surface area (Å²) in [6, 6.07) is 15.0. The summed E-state index contributed by atoms with van der Waals surface area (Å²) in [6.45, 7) is 0. The number of para-hydroxylation sites is 1. The van der Waals surface area contributed by atoms with Gasteiger partial charge in [0.2, 0.25) is 0 Å². The zero-order chi connectivity index (χ0) is 14.7. The molecule has 0 fully saturated rings. The summed E-state index contributed by atoms with van der Waals surface area (Å²) in [7, 11) is 0. The summed E-state index contributed by atoms with van der Waals surface area (Å²) in [5.41, 5.74) is 1.10. The van der Waals surface area contributed by atoms with Crippen molar-refractivity contribution in [3.63, 3.8) is 0 Å². The van der Waals surface area contributed by atoms with E-state index >= 15 is 0 Å². The summed E-state index contributed by atoms with van der Waals surface area (Å²) < 4.78 is 2.15. The van der Waals surface area contributed by atoms with Crippen molar-refractivity contribution in [3.05, 3.63) is 71.9 Å². The molecule has 2 aromatic heterocycles. The third-order valence-corrected chi connectivity index (χ3v) is 6.36. The van der Waals surface area contributed by atoms with Crippen LogP contribution in [0.3, 0.4) is 0 Å². The molecule has 3 aromatic rings. The second-order valence-corrected chi connectivity index (χ2v) is 8.31. The molecule has 0 bridgehead atoms. The zero-order valence-electron chi connectivity index (χ0n) is 11.1. The van der Waals surface area contributed by atoms with E-state index in [0.717, 1.165) is 21.1 Å². The summed E-state index contributed by atoms with van der Waals surface area (Å²) >= 11 is 10.9. The van der Waals surface area contributed by atoms with Gasteiger partial charge in [0, 0.05) is 25.1 Å². The summed E-state index contributed by atoms with van der Waals surface area (Å²) in [6.07, 6.45) is 0.992. The number of hydrogen-bond donors (Lipinski definition) is 1. The molecule has 3 rings (SSSR count). The Kier molecular flexibility index (Phi) is 5.16. The monoisotopic (exact) mass is 441 g/mol. The van der Waals surface area contributed by atoms with Crippen molar-refractivity contribution >= 4 is 60.2 Å². The molecule has 0 saturated carbocycles. The van der Waals surface area contributed by atoms with Gasteiger partial charge in [0.05, 0.1) is 11.7 Å². The summed E-state index contributed by atoms with van der Waals surface area (Å²) in [4.78, 5) is 2.75. The molecule has 0 aliphatic carbocycles. The van der Waals surface area contributed by atoms with E-state index in [2.05, 4.69) is 84.3 Å². The summed E-state index contributed by atoms with van der Waals surface area (Å²) in [5, 5.41) is 7.95. The Morgan fingerprint density at radius 3 is 2.24 bits per heavy atom. The minimum absolute atomic E-state index is 0.277. The highest BCUT2D eigenvalue weighted by Gasteiger charge is 2.16. The Hall–Kier alpha value is -0.620. The van der Waals surface area contributed by atoms with Gasteiger partial charge in [0.1, 0.15) is 0 Å². The van der Waals surface area contributed by atoms with E-state index in [1.54, 1.807) is 11.3 Å². The Morgan fingerprint density at radius 1 is 0.905 bits per heavy atom. The van der Waals surface area contributed by atoms with Crippen molar-refractivity contribution in [2.45, 2.75) is 12.5 Å². The quantitative estimate of drug-likeness (QED) is 0.461. The van der Waals surface area contributed by atoms with Crippen molar-refractivity contribution in [2.24, 2.45) is 0 Å². The van der Waals surface area contributed by atoms with Crippen LogP contribution in [0.25, 0.3) is 0 Å². The van der Waals surface area contributed by atoms with Crippen LogP contribution in [-0.2, 0) is 6.42 Å². The molecule has 1 atom stereocenters. The largest absolute Gasteiger partial charge is 0.375 e. The molecule has 108 valence electrons. The molecule has 0 saturated heterocycles. The molecule has 0 radical (unpaired) electrons. The molecule has 0 amide bonds. The van der Waals surface area contributed by atoms with Gasteiger partial charge < -0.3 is 5.32 Å².